The molecule has 0 atom stereocenters. The van der Waals surface area contributed by atoms with Gasteiger partial charge in [-0.05, 0) is 37.0 Å². The van der Waals surface area contributed by atoms with E-state index >= 15 is 0 Å². The number of hydrogen-bond acceptors (Lipinski definition) is 4. The van der Waals surface area contributed by atoms with Crippen LogP contribution in [-0.2, 0) is 19.1 Å². The van der Waals surface area contributed by atoms with Crippen molar-refractivity contribution in [1.29, 1.82) is 0 Å². The summed E-state index contributed by atoms with van der Waals surface area (Å²) in [5.41, 5.74) is 0.326. The molecule has 1 rings (SSSR count). The molecule has 0 amide bonds. The molecule has 1 aliphatic carbocycles. The van der Waals surface area contributed by atoms with Crippen LogP contribution in [0.3, 0.4) is 0 Å². The number of rotatable bonds is 3. The second kappa shape index (κ2) is 6.21. The minimum atomic E-state index is -0.455. The minimum Gasteiger partial charge on any atom is -0.460 e. The van der Waals surface area contributed by atoms with Crippen LogP contribution in [0.15, 0.2) is 0 Å². The third-order valence-corrected chi connectivity index (χ3v) is 3.59. The first-order chi connectivity index (χ1) is 8.29. The number of ether oxygens (including phenoxy) is 2. The molecule has 0 unspecified atom stereocenters. The van der Waals surface area contributed by atoms with Crippen LogP contribution in [-0.4, -0.2) is 24.6 Å². The Bertz CT molecular complexity index is 295. The van der Waals surface area contributed by atoms with E-state index < -0.39 is 11.9 Å². The number of carbonyl (C=O) groups is 2. The van der Waals surface area contributed by atoms with Crippen molar-refractivity contribution in [1.82, 2.24) is 0 Å². The van der Waals surface area contributed by atoms with E-state index in [-0.39, 0.29) is 12.7 Å². The lowest BCUT2D eigenvalue weighted by molar-refractivity contribution is -0.162. The molecule has 0 heterocycles. The monoisotopic (exact) mass is 256 g/mol. The molecule has 0 aromatic carbocycles. The third kappa shape index (κ3) is 5.07. The standard InChI is InChI=1S/C14H24O4/c1-10(15)17-9-13(16)18-12-7-5-11(6-8-12)14(2,3)4/h11-12H,5-9H2,1-4H3. The predicted molar refractivity (Wildman–Crippen MR) is 67.9 cm³/mol. The smallest absolute Gasteiger partial charge is 0.344 e. The van der Waals surface area contributed by atoms with Gasteiger partial charge in [0, 0.05) is 6.92 Å². The fourth-order valence-corrected chi connectivity index (χ4v) is 2.43. The lowest BCUT2D eigenvalue weighted by Gasteiger charge is -2.36. The fourth-order valence-electron chi connectivity index (χ4n) is 2.43. The Morgan fingerprint density at radius 3 is 2.11 bits per heavy atom. The van der Waals surface area contributed by atoms with Crippen LogP contribution in [0.5, 0.6) is 0 Å². The van der Waals surface area contributed by atoms with Crippen LogP contribution in [0.4, 0.5) is 0 Å². The van der Waals surface area contributed by atoms with Crippen LogP contribution in [0.25, 0.3) is 0 Å². The summed E-state index contributed by atoms with van der Waals surface area (Å²) in [4.78, 5) is 22.0. The Labute approximate surface area is 109 Å². The van der Waals surface area contributed by atoms with Gasteiger partial charge in [-0.3, -0.25) is 4.79 Å². The molecule has 0 radical (unpaired) electrons. The zero-order chi connectivity index (χ0) is 13.8. The first-order valence-corrected chi connectivity index (χ1v) is 6.62. The van der Waals surface area contributed by atoms with Gasteiger partial charge < -0.3 is 9.47 Å². The van der Waals surface area contributed by atoms with E-state index in [0.29, 0.717) is 11.3 Å². The second-order valence-corrected chi connectivity index (χ2v) is 6.11. The van der Waals surface area contributed by atoms with Gasteiger partial charge in [-0.1, -0.05) is 20.8 Å². The first-order valence-electron chi connectivity index (χ1n) is 6.62. The molecule has 104 valence electrons. The van der Waals surface area contributed by atoms with Gasteiger partial charge in [0.15, 0.2) is 6.61 Å². The van der Waals surface area contributed by atoms with Gasteiger partial charge in [-0.15, -0.1) is 0 Å². The van der Waals surface area contributed by atoms with E-state index in [1.807, 2.05) is 0 Å². The minimum absolute atomic E-state index is 0.00772. The highest BCUT2D eigenvalue weighted by Crippen LogP contribution is 2.38. The Morgan fingerprint density at radius 1 is 1.11 bits per heavy atom. The molecule has 0 aliphatic heterocycles. The lowest BCUT2D eigenvalue weighted by Crippen LogP contribution is -2.31. The molecule has 0 aromatic heterocycles. The number of esters is 2. The molecule has 0 saturated heterocycles. The van der Waals surface area contributed by atoms with Gasteiger partial charge in [0.2, 0.25) is 0 Å². The van der Waals surface area contributed by atoms with E-state index in [1.165, 1.54) is 6.92 Å². The third-order valence-electron chi connectivity index (χ3n) is 3.59. The van der Waals surface area contributed by atoms with Gasteiger partial charge in [0.25, 0.3) is 0 Å². The fraction of sp³-hybridized carbons (Fsp3) is 0.857. The Hall–Kier alpha value is -1.06. The Morgan fingerprint density at radius 2 is 1.67 bits per heavy atom. The summed E-state index contributed by atoms with van der Waals surface area (Å²) in [7, 11) is 0. The lowest BCUT2D eigenvalue weighted by atomic mass is 9.72. The van der Waals surface area contributed by atoms with Crippen LogP contribution in [0.2, 0.25) is 0 Å². The van der Waals surface area contributed by atoms with Crippen LogP contribution < -0.4 is 0 Å². The Balaban J connectivity index is 2.27. The maximum absolute atomic E-state index is 11.4. The Kier molecular flexibility index (Phi) is 5.17. The highest BCUT2D eigenvalue weighted by atomic mass is 16.6. The van der Waals surface area contributed by atoms with Crippen molar-refractivity contribution in [3.05, 3.63) is 0 Å². The van der Waals surface area contributed by atoms with Crippen molar-refractivity contribution in [2.24, 2.45) is 11.3 Å². The largest absolute Gasteiger partial charge is 0.460 e. The summed E-state index contributed by atoms with van der Waals surface area (Å²) in [5.74, 6) is -0.200. The zero-order valence-corrected chi connectivity index (χ0v) is 11.8. The molecule has 1 aliphatic rings. The van der Waals surface area contributed by atoms with Gasteiger partial charge in [0.05, 0.1) is 0 Å². The van der Waals surface area contributed by atoms with Crippen LogP contribution in [0, 0.1) is 11.3 Å². The quantitative estimate of drug-likeness (QED) is 0.728. The highest BCUT2D eigenvalue weighted by Gasteiger charge is 2.31. The van der Waals surface area contributed by atoms with E-state index in [4.69, 9.17) is 4.74 Å². The second-order valence-electron chi connectivity index (χ2n) is 6.11. The molecule has 4 heteroatoms. The van der Waals surface area contributed by atoms with Crippen molar-refractivity contribution in [2.45, 2.75) is 59.5 Å². The zero-order valence-electron chi connectivity index (χ0n) is 11.8. The van der Waals surface area contributed by atoms with Gasteiger partial charge in [0.1, 0.15) is 6.10 Å². The van der Waals surface area contributed by atoms with E-state index in [2.05, 4.69) is 25.5 Å². The SMILES string of the molecule is CC(=O)OCC(=O)OC1CCC(C(C)(C)C)CC1. The maximum Gasteiger partial charge on any atom is 0.344 e. The van der Waals surface area contributed by atoms with Gasteiger partial charge >= 0.3 is 11.9 Å². The normalized spacial score (nSPS) is 24.4. The van der Waals surface area contributed by atoms with Gasteiger partial charge in [-0.25, -0.2) is 4.79 Å². The highest BCUT2D eigenvalue weighted by molar-refractivity contribution is 5.75. The van der Waals surface area contributed by atoms with Crippen LogP contribution in [0.1, 0.15) is 53.4 Å². The molecular weight excluding hydrogens is 232 g/mol. The molecule has 0 bridgehead atoms. The average Bonchev–Trinajstić information content (AvgIpc) is 2.26. The molecule has 1 fully saturated rings. The molecular formula is C14H24O4. The molecule has 18 heavy (non-hydrogen) atoms. The van der Waals surface area contributed by atoms with Crippen molar-refractivity contribution in [3.63, 3.8) is 0 Å². The average molecular weight is 256 g/mol. The summed E-state index contributed by atoms with van der Waals surface area (Å²) in [5, 5.41) is 0. The van der Waals surface area contributed by atoms with E-state index in [1.54, 1.807) is 0 Å². The van der Waals surface area contributed by atoms with Crippen molar-refractivity contribution >= 4 is 11.9 Å². The summed E-state index contributed by atoms with van der Waals surface area (Å²) >= 11 is 0. The molecule has 1 saturated carbocycles. The van der Waals surface area contributed by atoms with Gasteiger partial charge in [-0.2, -0.15) is 0 Å². The molecule has 0 N–H and O–H groups in total. The maximum atomic E-state index is 11.4. The van der Waals surface area contributed by atoms with E-state index in [9.17, 15) is 9.59 Å². The van der Waals surface area contributed by atoms with Crippen molar-refractivity contribution in [3.8, 4) is 0 Å². The molecule has 0 aromatic rings. The van der Waals surface area contributed by atoms with Crippen molar-refractivity contribution in [2.75, 3.05) is 6.61 Å². The summed E-state index contributed by atoms with van der Waals surface area (Å²) in [6.45, 7) is 7.77. The number of carbonyl (C=O) groups excluding carboxylic acids is 2. The summed E-state index contributed by atoms with van der Waals surface area (Å²) in [6.07, 6.45) is 4.00. The van der Waals surface area contributed by atoms with Crippen molar-refractivity contribution < 1.29 is 19.1 Å². The first kappa shape index (κ1) is 15.0. The topological polar surface area (TPSA) is 52.6 Å². The summed E-state index contributed by atoms with van der Waals surface area (Å²) in [6, 6.07) is 0. The van der Waals surface area contributed by atoms with Crippen LogP contribution >= 0.6 is 0 Å². The molecule has 0 spiro atoms. The molecule has 4 nitrogen and oxygen atoms in total. The summed E-state index contributed by atoms with van der Waals surface area (Å²) < 4.78 is 9.89. The predicted octanol–water partition coefficient (Wildman–Crippen LogP) is 2.70. The van der Waals surface area contributed by atoms with E-state index in [0.717, 1.165) is 25.7 Å². The number of hydrogen-bond donors (Lipinski definition) is 0.